The first-order valence-electron chi connectivity index (χ1n) is 9.77. The second-order valence-electron chi connectivity index (χ2n) is 7.41. The number of aromatic nitrogens is 3. The first kappa shape index (κ1) is 19.0. The van der Waals surface area contributed by atoms with Gasteiger partial charge in [0.25, 0.3) is 0 Å². The number of fused-ring (bicyclic) bond motifs is 1. The minimum atomic E-state index is 0.148. The van der Waals surface area contributed by atoms with E-state index in [1.54, 1.807) is 16.5 Å². The molecule has 7 heteroatoms. The van der Waals surface area contributed by atoms with Crippen LogP contribution in [0.3, 0.4) is 0 Å². The van der Waals surface area contributed by atoms with Crippen molar-refractivity contribution in [1.29, 1.82) is 10.8 Å². The lowest BCUT2D eigenvalue weighted by Gasteiger charge is -2.21. The quantitative estimate of drug-likeness (QED) is 0.290. The highest BCUT2D eigenvalue weighted by Crippen LogP contribution is 2.36. The molecule has 1 aliphatic carbocycles. The smallest absolute Gasteiger partial charge is 0.154 e. The van der Waals surface area contributed by atoms with Gasteiger partial charge in [-0.25, -0.2) is 4.98 Å². The van der Waals surface area contributed by atoms with E-state index >= 15 is 0 Å². The van der Waals surface area contributed by atoms with Crippen molar-refractivity contribution >= 4 is 28.9 Å². The van der Waals surface area contributed by atoms with Gasteiger partial charge in [0.2, 0.25) is 0 Å². The van der Waals surface area contributed by atoms with Crippen LogP contribution >= 0.6 is 11.9 Å². The van der Waals surface area contributed by atoms with Crippen LogP contribution in [-0.2, 0) is 5.75 Å². The van der Waals surface area contributed by atoms with Crippen LogP contribution in [0.15, 0.2) is 48.8 Å². The summed E-state index contributed by atoms with van der Waals surface area (Å²) in [7, 11) is 0. The minimum Gasteiger partial charge on any atom is -0.345 e. The molecule has 0 saturated heterocycles. The summed E-state index contributed by atoms with van der Waals surface area (Å²) in [5.41, 5.74) is 3.11. The van der Waals surface area contributed by atoms with Crippen molar-refractivity contribution in [2.24, 2.45) is 11.8 Å². The number of nitrogens with one attached hydrogen (secondary N) is 4. The maximum Gasteiger partial charge on any atom is 0.154 e. The summed E-state index contributed by atoms with van der Waals surface area (Å²) in [5.74, 6) is 2.06. The van der Waals surface area contributed by atoms with E-state index in [9.17, 15) is 0 Å². The maximum absolute atomic E-state index is 8.89. The Hall–Kier alpha value is -2.38. The summed E-state index contributed by atoms with van der Waals surface area (Å²) < 4.78 is 5.36. The highest BCUT2D eigenvalue weighted by molar-refractivity contribution is 7.96. The van der Waals surface area contributed by atoms with Gasteiger partial charge in [0, 0.05) is 23.9 Å². The monoisotopic (exact) mass is 394 g/mol. The zero-order valence-electron chi connectivity index (χ0n) is 16.0. The molecule has 1 aromatic carbocycles. The first-order chi connectivity index (χ1) is 13.7. The first-order valence-corrected chi connectivity index (χ1v) is 10.8. The molecule has 0 radical (unpaired) electrons. The molecule has 1 saturated carbocycles. The number of H-pyrrole nitrogens is 1. The van der Waals surface area contributed by atoms with Gasteiger partial charge < -0.3 is 4.98 Å². The van der Waals surface area contributed by atoms with E-state index in [1.807, 2.05) is 18.3 Å². The molecule has 1 aliphatic rings. The lowest BCUT2D eigenvalue weighted by Crippen LogP contribution is -2.34. The van der Waals surface area contributed by atoms with Crippen LogP contribution in [0.4, 0.5) is 0 Å². The van der Waals surface area contributed by atoms with E-state index in [4.69, 9.17) is 10.8 Å². The van der Waals surface area contributed by atoms with Crippen molar-refractivity contribution in [1.82, 2.24) is 19.3 Å². The fourth-order valence-corrected chi connectivity index (χ4v) is 5.07. The molecule has 6 nitrogen and oxygen atoms in total. The summed E-state index contributed by atoms with van der Waals surface area (Å²) >= 11 is 1.75. The molecular formula is C21H26N6S. The Morgan fingerprint density at radius 3 is 2.89 bits per heavy atom. The highest BCUT2D eigenvalue weighted by atomic mass is 32.2. The van der Waals surface area contributed by atoms with Crippen LogP contribution in [-0.4, -0.2) is 26.4 Å². The predicted octanol–water partition coefficient (Wildman–Crippen LogP) is 3.91. The van der Waals surface area contributed by atoms with Crippen LogP contribution < -0.4 is 10.2 Å². The molecule has 0 aliphatic heterocycles. The number of nitrogens with zero attached hydrogens (tertiary/aromatic N) is 2. The molecule has 146 valence electrons. The van der Waals surface area contributed by atoms with Crippen molar-refractivity contribution in [3.05, 3.63) is 59.8 Å². The average Bonchev–Trinajstić information content (AvgIpc) is 3.35. The van der Waals surface area contributed by atoms with Crippen molar-refractivity contribution in [2.75, 3.05) is 0 Å². The van der Waals surface area contributed by atoms with Crippen LogP contribution in [0.1, 0.15) is 31.7 Å². The van der Waals surface area contributed by atoms with E-state index in [-0.39, 0.29) is 11.4 Å². The van der Waals surface area contributed by atoms with Crippen molar-refractivity contribution in [3.8, 4) is 0 Å². The molecule has 0 bridgehead atoms. The minimum absolute atomic E-state index is 0.148. The van der Waals surface area contributed by atoms with Crippen LogP contribution in [0.25, 0.3) is 11.2 Å². The molecule has 3 aromatic rings. The van der Waals surface area contributed by atoms with Crippen LogP contribution in [0.2, 0.25) is 0 Å². The van der Waals surface area contributed by atoms with Gasteiger partial charge in [-0.3, -0.25) is 20.1 Å². The van der Waals surface area contributed by atoms with E-state index in [2.05, 4.69) is 45.9 Å². The Morgan fingerprint density at radius 1 is 1.29 bits per heavy atom. The van der Waals surface area contributed by atoms with Gasteiger partial charge in [0.1, 0.15) is 11.3 Å². The molecule has 2 aromatic heterocycles. The Balaban J connectivity index is 1.46. The molecule has 4 rings (SSSR count). The zero-order valence-corrected chi connectivity index (χ0v) is 16.8. The Morgan fingerprint density at radius 2 is 2.11 bits per heavy atom. The second kappa shape index (κ2) is 8.32. The fourth-order valence-electron chi connectivity index (χ4n) is 4.20. The zero-order chi connectivity index (χ0) is 19.5. The summed E-state index contributed by atoms with van der Waals surface area (Å²) in [4.78, 5) is 7.34. The van der Waals surface area contributed by atoms with Gasteiger partial charge in [-0.05, 0) is 30.4 Å². The number of aromatic amines is 1. The van der Waals surface area contributed by atoms with Crippen molar-refractivity contribution < 1.29 is 0 Å². The predicted molar refractivity (Wildman–Crippen MR) is 114 cm³/mol. The lowest BCUT2D eigenvalue weighted by molar-refractivity contribution is 0.454. The van der Waals surface area contributed by atoms with Crippen molar-refractivity contribution in [2.45, 2.75) is 38.0 Å². The van der Waals surface area contributed by atoms with Gasteiger partial charge in [-0.2, -0.15) is 0 Å². The van der Waals surface area contributed by atoms with Gasteiger partial charge in [0.05, 0.1) is 11.7 Å². The van der Waals surface area contributed by atoms with E-state index in [0.717, 1.165) is 36.2 Å². The number of rotatable bonds is 6. The third-order valence-corrected chi connectivity index (χ3v) is 6.62. The molecule has 3 unspecified atom stereocenters. The summed E-state index contributed by atoms with van der Waals surface area (Å²) in [5, 5.41) is 17.2. The molecule has 2 heterocycles. The average molecular weight is 395 g/mol. The summed E-state index contributed by atoms with van der Waals surface area (Å²) in [6.07, 6.45) is 6.39. The Bertz CT molecular complexity index is 1010. The standard InChI is InChI=1S/C21H26N6S/c1-2-15-10-16(26-28-13-14-6-4-3-5-7-14)11-17(15)20(23)27-18-8-9-24-21(18)25-12-19(27)22/h3-9,12,15-17,22-24,26H,2,10-11,13H2,1H3. The van der Waals surface area contributed by atoms with E-state index in [1.165, 1.54) is 11.8 Å². The Labute approximate surface area is 168 Å². The summed E-state index contributed by atoms with van der Waals surface area (Å²) in [6.45, 7) is 2.20. The van der Waals surface area contributed by atoms with Gasteiger partial charge in [-0.1, -0.05) is 55.6 Å². The molecular weight excluding hydrogens is 368 g/mol. The maximum atomic E-state index is 8.89. The van der Waals surface area contributed by atoms with Gasteiger partial charge in [-0.15, -0.1) is 0 Å². The number of benzene rings is 1. The highest BCUT2D eigenvalue weighted by Gasteiger charge is 2.36. The van der Waals surface area contributed by atoms with Gasteiger partial charge in [0.15, 0.2) is 5.65 Å². The molecule has 0 amide bonds. The number of hydrogen-bond acceptors (Lipinski definition) is 5. The van der Waals surface area contributed by atoms with E-state index < -0.39 is 0 Å². The molecule has 28 heavy (non-hydrogen) atoms. The third kappa shape index (κ3) is 3.77. The third-order valence-electron chi connectivity index (χ3n) is 5.64. The number of hydrogen-bond donors (Lipinski definition) is 4. The summed E-state index contributed by atoms with van der Waals surface area (Å²) in [6, 6.07) is 12.8. The largest absolute Gasteiger partial charge is 0.345 e. The van der Waals surface area contributed by atoms with Crippen LogP contribution in [0, 0.1) is 22.7 Å². The second-order valence-corrected chi connectivity index (χ2v) is 8.22. The molecule has 4 N–H and O–H groups in total. The normalized spacial score (nSPS) is 22.0. The fraction of sp³-hybridized carbons (Fsp3) is 0.381. The topological polar surface area (TPSA) is 93.3 Å². The van der Waals surface area contributed by atoms with Crippen LogP contribution in [0.5, 0.6) is 0 Å². The SMILES string of the molecule is CCC1CC(NSCc2ccccc2)CC1C(=N)n1c(=N)cnc2[nH]ccc21. The molecule has 3 atom stereocenters. The molecule has 0 spiro atoms. The van der Waals surface area contributed by atoms with Gasteiger partial charge >= 0.3 is 0 Å². The molecule has 1 fully saturated rings. The lowest BCUT2D eigenvalue weighted by atomic mass is 9.92. The van der Waals surface area contributed by atoms with E-state index in [0.29, 0.717) is 17.8 Å². The Kier molecular flexibility index (Phi) is 5.64. The van der Waals surface area contributed by atoms with Crippen molar-refractivity contribution in [3.63, 3.8) is 0 Å².